The minimum atomic E-state index is -0.225. The third kappa shape index (κ3) is 2.70. The molecule has 16 heavy (non-hydrogen) atoms. The summed E-state index contributed by atoms with van der Waals surface area (Å²) in [5.41, 5.74) is 1.94. The Kier molecular flexibility index (Phi) is 3.75. The van der Waals surface area contributed by atoms with Gasteiger partial charge in [0.2, 0.25) is 0 Å². The molecule has 2 aromatic rings. The van der Waals surface area contributed by atoms with E-state index in [0.717, 1.165) is 11.1 Å². The Morgan fingerprint density at radius 3 is 1.88 bits per heavy atom. The van der Waals surface area contributed by atoms with Crippen LogP contribution in [0.4, 0.5) is 0 Å². The van der Waals surface area contributed by atoms with Gasteiger partial charge in [0.05, 0.1) is 5.38 Å². The topological polar surface area (TPSA) is 0 Å². The molecule has 0 heterocycles. The summed E-state index contributed by atoms with van der Waals surface area (Å²) in [4.78, 5) is 0. The maximum atomic E-state index is 6.36. The molecule has 0 bridgehead atoms. The van der Waals surface area contributed by atoms with E-state index in [1.54, 1.807) is 6.07 Å². The minimum absolute atomic E-state index is 0.225. The van der Waals surface area contributed by atoms with Crippen LogP contribution in [0.25, 0.3) is 0 Å². The highest BCUT2D eigenvalue weighted by Crippen LogP contribution is 2.32. The number of rotatable bonds is 2. The SMILES string of the molecule is Clc1cc(Cl)cc(C(Cl)c2ccccc2)c1. The first-order chi connectivity index (χ1) is 7.66. The molecule has 0 nitrogen and oxygen atoms in total. The van der Waals surface area contributed by atoms with Crippen molar-refractivity contribution < 1.29 is 0 Å². The molecular weight excluding hydrogens is 263 g/mol. The van der Waals surface area contributed by atoms with E-state index in [1.165, 1.54) is 0 Å². The second-order valence-corrected chi connectivity index (χ2v) is 4.79. The Bertz CT molecular complexity index is 460. The monoisotopic (exact) mass is 270 g/mol. The van der Waals surface area contributed by atoms with E-state index in [2.05, 4.69) is 0 Å². The quantitative estimate of drug-likeness (QED) is 0.648. The Hall–Kier alpha value is -0.690. The van der Waals surface area contributed by atoms with Gasteiger partial charge in [-0.1, -0.05) is 53.5 Å². The second-order valence-electron chi connectivity index (χ2n) is 3.48. The summed E-state index contributed by atoms with van der Waals surface area (Å²) in [6.45, 7) is 0. The van der Waals surface area contributed by atoms with Crippen LogP contribution in [-0.2, 0) is 0 Å². The summed E-state index contributed by atoms with van der Waals surface area (Å²) >= 11 is 18.2. The van der Waals surface area contributed by atoms with Crippen molar-refractivity contribution in [3.8, 4) is 0 Å². The van der Waals surface area contributed by atoms with Crippen molar-refractivity contribution in [2.75, 3.05) is 0 Å². The number of benzene rings is 2. The molecule has 0 aliphatic carbocycles. The molecule has 0 fully saturated rings. The van der Waals surface area contributed by atoms with E-state index >= 15 is 0 Å². The molecular formula is C13H9Cl3. The molecule has 0 amide bonds. The van der Waals surface area contributed by atoms with Crippen molar-refractivity contribution in [1.82, 2.24) is 0 Å². The number of alkyl halides is 1. The van der Waals surface area contributed by atoms with Gasteiger partial charge in [-0.2, -0.15) is 0 Å². The average molecular weight is 272 g/mol. The second kappa shape index (κ2) is 5.09. The van der Waals surface area contributed by atoms with Gasteiger partial charge in [0.1, 0.15) is 0 Å². The van der Waals surface area contributed by atoms with Crippen LogP contribution in [0.5, 0.6) is 0 Å². The molecule has 2 aromatic carbocycles. The van der Waals surface area contributed by atoms with E-state index in [1.807, 2.05) is 42.5 Å². The van der Waals surface area contributed by atoms with Crippen LogP contribution < -0.4 is 0 Å². The lowest BCUT2D eigenvalue weighted by molar-refractivity contribution is 1.14. The molecule has 82 valence electrons. The zero-order chi connectivity index (χ0) is 11.5. The normalized spacial score (nSPS) is 12.4. The molecule has 0 saturated carbocycles. The van der Waals surface area contributed by atoms with Gasteiger partial charge in [-0.3, -0.25) is 0 Å². The molecule has 0 radical (unpaired) electrons. The number of hydrogen-bond donors (Lipinski definition) is 0. The zero-order valence-corrected chi connectivity index (χ0v) is 10.6. The first-order valence-corrected chi connectivity index (χ1v) is 6.01. The Labute approximate surface area is 110 Å². The molecule has 2 rings (SSSR count). The molecule has 1 unspecified atom stereocenters. The summed E-state index contributed by atoms with van der Waals surface area (Å²) < 4.78 is 0. The highest BCUT2D eigenvalue weighted by molar-refractivity contribution is 6.35. The van der Waals surface area contributed by atoms with Crippen LogP contribution in [0.3, 0.4) is 0 Å². The lowest BCUT2D eigenvalue weighted by Gasteiger charge is -2.11. The smallest absolute Gasteiger partial charge is 0.0836 e. The summed E-state index contributed by atoms with van der Waals surface area (Å²) in [7, 11) is 0. The summed E-state index contributed by atoms with van der Waals surface area (Å²) in [5.74, 6) is 0. The fraction of sp³-hybridized carbons (Fsp3) is 0.0769. The molecule has 0 saturated heterocycles. The van der Waals surface area contributed by atoms with Crippen LogP contribution in [0.2, 0.25) is 10.0 Å². The van der Waals surface area contributed by atoms with Gasteiger partial charge in [0.25, 0.3) is 0 Å². The molecule has 0 aromatic heterocycles. The van der Waals surface area contributed by atoms with Gasteiger partial charge >= 0.3 is 0 Å². The summed E-state index contributed by atoms with van der Waals surface area (Å²) in [6, 6.07) is 15.2. The van der Waals surface area contributed by atoms with Crippen LogP contribution in [-0.4, -0.2) is 0 Å². The predicted octanol–water partition coefficient (Wildman–Crippen LogP) is 5.32. The molecule has 0 N–H and O–H groups in total. The Morgan fingerprint density at radius 2 is 1.31 bits per heavy atom. The Balaban J connectivity index is 2.37. The molecule has 0 aliphatic heterocycles. The fourth-order valence-electron chi connectivity index (χ4n) is 1.54. The first-order valence-electron chi connectivity index (χ1n) is 4.82. The zero-order valence-electron chi connectivity index (χ0n) is 8.33. The minimum Gasteiger partial charge on any atom is -0.113 e. The van der Waals surface area contributed by atoms with Crippen molar-refractivity contribution in [2.45, 2.75) is 5.38 Å². The van der Waals surface area contributed by atoms with Crippen LogP contribution in [0.15, 0.2) is 48.5 Å². The molecule has 0 aliphatic rings. The van der Waals surface area contributed by atoms with Crippen molar-refractivity contribution in [3.63, 3.8) is 0 Å². The highest BCUT2D eigenvalue weighted by Gasteiger charge is 2.11. The first kappa shape index (κ1) is 11.8. The molecule has 3 heteroatoms. The summed E-state index contributed by atoms with van der Waals surface area (Å²) in [5, 5.41) is 0.977. The van der Waals surface area contributed by atoms with Crippen LogP contribution in [0, 0.1) is 0 Å². The highest BCUT2D eigenvalue weighted by atomic mass is 35.5. The third-order valence-electron chi connectivity index (χ3n) is 2.27. The van der Waals surface area contributed by atoms with Gasteiger partial charge in [0, 0.05) is 10.0 Å². The number of hydrogen-bond acceptors (Lipinski definition) is 0. The van der Waals surface area contributed by atoms with E-state index in [0.29, 0.717) is 10.0 Å². The van der Waals surface area contributed by atoms with Crippen LogP contribution >= 0.6 is 34.8 Å². The van der Waals surface area contributed by atoms with Crippen molar-refractivity contribution in [1.29, 1.82) is 0 Å². The maximum Gasteiger partial charge on any atom is 0.0836 e. The van der Waals surface area contributed by atoms with Crippen molar-refractivity contribution in [2.24, 2.45) is 0 Å². The fourth-order valence-corrected chi connectivity index (χ4v) is 2.35. The molecule has 0 spiro atoms. The molecule has 1 atom stereocenters. The lowest BCUT2D eigenvalue weighted by Crippen LogP contribution is -1.92. The van der Waals surface area contributed by atoms with E-state index < -0.39 is 0 Å². The lowest BCUT2D eigenvalue weighted by atomic mass is 10.0. The number of halogens is 3. The van der Waals surface area contributed by atoms with E-state index in [4.69, 9.17) is 34.8 Å². The van der Waals surface area contributed by atoms with E-state index in [-0.39, 0.29) is 5.38 Å². The average Bonchev–Trinajstić information content (AvgIpc) is 2.28. The van der Waals surface area contributed by atoms with Gasteiger partial charge in [0.15, 0.2) is 0 Å². The third-order valence-corrected chi connectivity index (χ3v) is 3.21. The summed E-state index contributed by atoms with van der Waals surface area (Å²) in [6.07, 6.45) is 0. The Morgan fingerprint density at radius 1 is 0.750 bits per heavy atom. The van der Waals surface area contributed by atoms with Crippen molar-refractivity contribution in [3.05, 3.63) is 69.7 Å². The van der Waals surface area contributed by atoms with Gasteiger partial charge in [-0.25, -0.2) is 0 Å². The largest absolute Gasteiger partial charge is 0.113 e. The van der Waals surface area contributed by atoms with Gasteiger partial charge in [-0.05, 0) is 29.3 Å². The maximum absolute atomic E-state index is 6.36. The van der Waals surface area contributed by atoms with Gasteiger partial charge in [-0.15, -0.1) is 11.6 Å². The standard InChI is InChI=1S/C13H9Cl3/c14-11-6-10(7-12(15)8-11)13(16)9-4-2-1-3-5-9/h1-8,13H. The van der Waals surface area contributed by atoms with Crippen LogP contribution in [0.1, 0.15) is 16.5 Å². The van der Waals surface area contributed by atoms with E-state index in [9.17, 15) is 0 Å². The van der Waals surface area contributed by atoms with Crippen molar-refractivity contribution >= 4 is 34.8 Å². The van der Waals surface area contributed by atoms with Gasteiger partial charge < -0.3 is 0 Å². The predicted molar refractivity (Wildman–Crippen MR) is 70.6 cm³/mol.